The van der Waals surface area contributed by atoms with E-state index in [0.717, 1.165) is 37.7 Å². The zero-order valence-electron chi connectivity index (χ0n) is 19.7. The van der Waals surface area contributed by atoms with E-state index in [4.69, 9.17) is 23.2 Å². The van der Waals surface area contributed by atoms with Crippen LogP contribution in [-0.2, 0) is 6.42 Å². The molecule has 0 spiro atoms. The van der Waals surface area contributed by atoms with Gasteiger partial charge in [-0.05, 0) is 99.3 Å². The van der Waals surface area contributed by atoms with Crippen molar-refractivity contribution >= 4 is 53.0 Å². The number of hydrogen-bond donors (Lipinski definition) is 1. The van der Waals surface area contributed by atoms with E-state index < -0.39 is 0 Å². The molecule has 0 aromatic heterocycles. The summed E-state index contributed by atoms with van der Waals surface area (Å²) < 4.78 is 0. The quantitative estimate of drug-likeness (QED) is 0.321. The van der Waals surface area contributed by atoms with Gasteiger partial charge in [0.1, 0.15) is 0 Å². The summed E-state index contributed by atoms with van der Waals surface area (Å²) in [6.07, 6.45) is 4.51. The first-order valence-corrected chi connectivity index (χ1v) is 12.7. The van der Waals surface area contributed by atoms with Crippen LogP contribution in [-0.4, -0.2) is 37.1 Å². The van der Waals surface area contributed by atoms with Gasteiger partial charge in [-0.1, -0.05) is 59.6 Å². The lowest BCUT2D eigenvalue weighted by atomic mass is 9.90. The summed E-state index contributed by atoms with van der Waals surface area (Å²) in [5, 5.41) is 4.23. The molecule has 0 atom stereocenters. The van der Waals surface area contributed by atoms with Gasteiger partial charge in [-0.3, -0.25) is 4.90 Å². The molecule has 7 heteroatoms. The van der Waals surface area contributed by atoms with Crippen molar-refractivity contribution in [1.29, 1.82) is 0 Å². The molecule has 0 saturated carbocycles. The molecule has 0 unspecified atom stereocenters. The molecule has 1 heterocycles. The minimum atomic E-state index is -0.175. The lowest BCUT2D eigenvalue weighted by Crippen LogP contribution is -2.39. The van der Waals surface area contributed by atoms with E-state index in [1.165, 1.54) is 24.8 Å². The number of rotatable bonds is 8. The average molecular weight is 533 g/mol. The number of carbonyl (C=O) groups excluding carboxylic acids is 1. The van der Waals surface area contributed by atoms with Gasteiger partial charge in [0.2, 0.25) is 0 Å². The van der Waals surface area contributed by atoms with Crippen LogP contribution in [0.5, 0.6) is 0 Å². The monoisotopic (exact) mass is 531 g/mol. The van der Waals surface area contributed by atoms with Crippen molar-refractivity contribution in [2.75, 3.05) is 36.4 Å². The number of likely N-dealkylation sites (tertiary alicyclic amines) is 1. The highest BCUT2D eigenvalue weighted by molar-refractivity contribution is 6.31. The summed E-state index contributed by atoms with van der Waals surface area (Å²) in [6, 6.07) is 25.2. The molecule has 3 aromatic carbocycles. The largest absolute Gasteiger partial charge is 0.326 e. The van der Waals surface area contributed by atoms with Crippen LogP contribution in [0.3, 0.4) is 0 Å². The molecule has 3 aromatic rings. The molecule has 186 valence electrons. The molecular formula is C28H32Cl3N3O. The van der Waals surface area contributed by atoms with Crippen LogP contribution in [0.2, 0.25) is 10.0 Å². The highest BCUT2D eigenvalue weighted by atomic mass is 35.5. The van der Waals surface area contributed by atoms with Gasteiger partial charge in [-0.25, -0.2) is 4.79 Å². The standard InChI is InChI=1S/C28H31Cl2N3O.ClH/c29-24-10-12-26(13-11-24)31-28(34)33(27-9-4-8-25(30)21-27)17-5-16-32-18-14-23(15-19-32)20-22-6-2-1-3-7-22;/h1-4,6-13,21,23H,5,14-20H2,(H,31,34);1H. The fourth-order valence-corrected chi connectivity index (χ4v) is 4.84. The number of benzene rings is 3. The maximum Gasteiger partial charge on any atom is 0.326 e. The smallest absolute Gasteiger partial charge is 0.308 e. The Morgan fingerprint density at radius 2 is 1.63 bits per heavy atom. The molecular weight excluding hydrogens is 501 g/mol. The molecule has 4 rings (SSSR count). The normalized spacial score (nSPS) is 14.2. The first-order valence-electron chi connectivity index (χ1n) is 11.9. The number of hydrogen-bond acceptors (Lipinski definition) is 2. The third-order valence-corrected chi connectivity index (χ3v) is 6.88. The van der Waals surface area contributed by atoms with Crippen LogP contribution >= 0.6 is 35.6 Å². The molecule has 35 heavy (non-hydrogen) atoms. The van der Waals surface area contributed by atoms with Gasteiger partial charge in [0.05, 0.1) is 0 Å². The fraction of sp³-hybridized carbons (Fsp3) is 0.321. The second-order valence-corrected chi connectivity index (χ2v) is 9.77. The summed E-state index contributed by atoms with van der Waals surface area (Å²) in [4.78, 5) is 17.4. The van der Waals surface area contributed by atoms with Crippen LogP contribution in [0.4, 0.5) is 16.2 Å². The Bertz CT molecular complexity index is 1050. The van der Waals surface area contributed by atoms with E-state index >= 15 is 0 Å². The Kier molecular flexibility index (Phi) is 10.7. The lowest BCUT2D eigenvalue weighted by Gasteiger charge is -2.32. The van der Waals surface area contributed by atoms with E-state index in [-0.39, 0.29) is 18.4 Å². The molecule has 2 amide bonds. The van der Waals surface area contributed by atoms with E-state index in [2.05, 4.69) is 40.5 Å². The Morgan fingerprint density at radius 3 is 2.31 bits per heavy atom. The summed E-state index contributed by atoms with van der Waals surface area (Å²) >= 11 is 12.2. The Balaban J connectivity index is 0.00000342. The summed E-state index contributed by atoms with van der Waals surface area (Å²) in [5.41, 5.74) is 2.94. The average Bonchev–Trinajstić information content (AvgIpc) is 2.85. The van der Waals surface area contributed by atoms with Crippen molar-refractivity contribution in [2.45, 2.75) is 25.7 Å². The van der Waals surface area contributed by atoms with Crippen LogP contribution in [0, 0.1) is 5.92 Å². The second-order valence-electron chi connectivity index (χ2n) is 8.90. The highest BCUT2D eigenvalue weighted by Crippen LogP contribution is 2.24. The van der Waals surface area contributed by atoms with Crippen molar-refractivity contribution in [3.63, 3.8) is 0 Å². The van der Waals surface area contributed by atoms with E-state index in [1.54, 1.807) is 29.2 Å². The summed E-state index contributed by atoms with van der Waals surface area (Å²) in [7, 11) is 0. The van der Waals surface area contributed by atoms with Crippen molar-refractivity contribution in [2.24, 2.45) is 5.92 Å². The second kappa shape index (κ2) is 13.7. The van der Waals surface area contributed by atoms with Gasteiger partial charge in [0.25, 0.3) is 0 Å². The third-order valence-electron chi connectivity index (χ3n) is 6.39. The van der Waals surface area contributed by atoms with Gasteiger partial charge in [0.15, 0.2) is 0 Å². The van der Waals surface area contributed by atoms with E-state index in [1.807, 2.05) is 24.3 Å². The zero-order valence-corrected chi connectivity index (χ0v) is 22.0. The Hall–Kier alpha value is -2.24. The zero-order chi connectivity index (χ0) is 23.8. The van der Waals surface area contributed by atoms with Gasteiger partial charge in [-0.2, -0.15) is 0 Å². The number of nitrogens with one attached hydrogen (secondary N) is 1. The number of nitrogens with zero attached hydrogens (tertiary/aromatic N) is 2. The van der Waals surface area contributed by atoms with Crippen LogP contribution < -0.4 is 10.2 Å². The van der Waals surface area contributed by atoms with Gasteiger partial charge >= 0.3 is 6.03 Å². The molecule has 0 aliphatic carbocycles. The number of halogens is 3. The Labute approximate surface area is 224 Å². The summed E-state index contributed by atoms with van der Waals surface area (Å²) in [6.45, 7) is 3.82. The van der Waals surface area contributed by atoms with Crippen LogP contribution in [0.25, 0.3) is 0 Å². The summed E-state index contributed by atoms with van der Waals surface area (Å²) in [5.74, 6) is 0.756. The number of anilines is 2. The number of amides is 2. The molecule has 1 aliphatic heterocycles. The SMILES string of the molecule is Cl.O=C(Nc1ccc(Cl)cc1)N(CCCN1CCC(Cc2ccccc2)CC1)c1cccc(Cl)c1. The van der Waals surface area contributed by atoms with Crippen LogP contribution in [0.15, 0.2) is 78.9 Å². The third kappa shape index (κ3) is 8.43. The van der Waals surface area contributed by atoms with Crippen molar-refractivity contribution in [1.82, 2.24) is 4.90 Å². The predicted molar refractivity (Wildman–Crippen MR) is 150 cm³/mol. The number of carbonyl (C=O) groups is 1. The molecule has 4 nitrogen and oxygen atoms in total. The Morgan fingerprint density at radius 1 is 0.914 bits per heavy atom. The molecule has 0 bridgehead atoms. The van der Waals surface area contributed by atoms with E-state index in [9.17, 15) is 4.79 Å². The number of urea groups is 1. The first kappa shape index (κ1) is 27.3. The minimum absolute atomic E-state index is 0. The van der Waals surface area contributed by atoms with Gasteiger partial charge < -0.3 is 10.2 Å². The minimum Gasteiger partial charge on any atom is -0.308 e. The predicted octanol–water partition coefficient (Wildman–Crippen LogP) is 7.80. The molecule has 1 N–H and O–H groups in total. The van der Waals surface area contributed by atoms with E-state index in [0.29, 0.717) is 22.3 Å². The van der Waals surface area contributed by atoms with Crippen molar-refractivity contribution < 1.29 is 4.79 Å². The topological polar surface area (TPSA) is 35.6 Å². The van der Waals surface area contributed by atoms with Crippen molar-refractivity contribution in [3.05, 3.63) is 94.5 Å². The molecule has 1 aliphatic rings. The maximum absolute atomic E-state index is 13.1. The fourth-order valence-electron chi connectivity index (χ4n) is 4.53. The van der Waals surface area contributed by atoms with Gasteiger partial charge in [0, 0.05) is 28.0 Å². The number of piperidine rings is 1. The van der Waals surface area contributed by atoms with Gasteiger partial charge in [-0.15, -0.1) is 12.4 Å². The molecule has 1 fully saturated rings. The molecule has 1 saturated heterocycles. The lowest BCUT2D eigenvalue weighted by molar-refractivity contribution is 0.183. The highest BCUT2D eigenvalue weighted by Gasteiger charge is 2.21. The van der Waals surface area contributed by atoms with Crippen molar-refractivity contribution in [3.8, 4) is 0 Å². The first-order chi connectivity index (χ1) is 16.6. The van der Waals surface area contributed by atoms with Crippen LogP contribution in [0.1, 0.15) is 24.8 Å². The molecule has 0 radical (unpaired) electrons. The maximum atomic E-state index is 13.1.